The zero-order chi connectivity index (χ0) is 11.3. The Labute approximate surface area is 94.6 Å². The van der Waals surface area contributed by atoms with Gasteiger partial charge in [0, 0.05) is 19.1 Å². The van der Waals surface area contributed by atoms with Crippen LogP contribution < -0.4 is 5.73 Å². The average molecular weight is 213 g/mol. The second-order valence-electron chi connectivity index (χ2n) is 5.01. The summed E-state index contributed by atoms with van der Waals surface area (Å²) in [5, 5.41) is 0. The predicted octanol–water partition coefficient (Wildman–Crippen LogP) is 0.997. The summed E-state index contributed by atoms with van der Waals surface area (Å²) in [6.07, 6.45) is 3.92. The van der Waals surface area contributed by atoms with Gasteiger partial charge in [-0.1, -0.05) is 13.3 Å². The Bertz CT molecular complexity index is 168. The van der Waals surface area contributed by atoms with E-state index in [2.05, 4.69) is 30.8 Å². The van der Waals surface area contributed by atoms with Gasteiger partial charge in [0.1, 0.15) is 0 Å². The third-order valence-corrected chi connectivity index (χ3v) is 3.67. The smallest absolute Gasteiger partial charge is 0.0220 e. The van der Waals surface area contributed by atoms with E-state index < -0.39 is 0 Å². The van der Waals surface area contributed by atoms with Crippen LogP contribution in [-0.2, 0) is 0 Å². The Balaban J connectivity index is 2.25. The number of nitrogens with zero attached hydrogens (tertiary/aromatic N) is 2. The van der Waals surface area contributed by atoms with Gasteiger partial charge in [-0.05, 0) is 45.9 Å². The summed E-state index contributed by atoms with van der Waals surface area (Å²) < 4.78 is 0. The quantitative estimate of drug-likeness (QED) is 0.714. The van der Waals surface area contributed by atoms with Crippen molar-refractivity contribution in [3.63, 3.8) is 0 Å². The highest BCUT2D eigenvalue weighted by Crippen LogP contribution is 2.16. The highest BCUT2D eigenvalue weighted by atomic mass is 15.2. The molecule has 1 saturated heterocycles. The Morgan fingerprint density at radius 1 is 1.53 bits per heavy atom. The number of hydrogen-bond donors (Lipinski definition) is 1. The third-order valence-electron chi connectivity index (χ3n) is 3.67. The molecule has 0 aromatic heterocycles. The second-order valence-corrected chi connectivity index (χ2v) is 5.01. The zero-order valence-electron chi connectivity index (χ0n) is 10.6. The summed E-state index contributed by atoms with van der Waals surface area (Å²) in [6.45, 7) is 6.67. The highest BCUT2D eigenvalue weighted by molar-refractivity contribution is 4.79. The minimum absolute atomic E-state index is 0.668. The van der Waals surface area contributed by atoms with Crippen molar-refractivity contribution >= 4 is 0 Å². The largest absolute Gasteiger partial charge is 0.330 e. The van der Waals surface area contributed by atoms with E-state index in [-0.39, 0.29) is 0 Å². The molecule has 1 heterocycles. The minimum Gasteiger partial charge on any atom is -0.330 e. The molecule has 0 aromatic rings. The van der Waals surface area contributed by atoms with Crippen LogP contribution in [0, 0.1) is 5.92 Å². The molecular weight excluding hydrogens is 186 g/mol. The summed E-state index contributed by atoms with van der Waals surface area (Å²) in [7, 11) is 4.47. The molecule has 2 unspecified atom stereocenters. The van der Waals surface area contributed by atoms with Crippen LogP contribution in [0.1, 0.15) is 26.2 Å². The standard InChI is InChI=1S/C12H27N3/c1-4-11(8-13)9-14(2)10-12-6-5-7-15(12)3/h11-12H,4-10,13H2,1-3H3. The lowest BCUT2D eigenvalue weighted by atomic mass is 10.1. The molecular formula is C12H27N3. The van der Waals surface area contributed by atoms with Crippen molar-refractivity contribution in [2.24, 2.45) is 11.7 Å². The van der Waals surface area contributed by atoms with E-state index in [1.807, 2.05) is 0 Å². The normalized spacial score (nSPS) is 25.0. The monoisotopic (exact) mass is 213 g/mol. The average Bonchev–Trinajstić information content (AvgIpc) is 2.61. The number of nitrogens with two attached hydrogens (primary N) is 1. The maximum absolute atomic E-state index is 5.73. The zero-order valence-corrected chi connectivity index (χ0v) is 10.6. The molecule has 0 bridgehead atoms. The van der Waals surface area contributed by atoms with Crippen molar-refractivity contribution in [3.05, 3.63) is 0 Å². The van der Waals surface area contributed by atoms with Gasteiger partial charge in [-0.25, -0.2) is 0 Å². The maximum Gasteiger partial charge on any atom is 0.0220 e. The lowest BCUT2D eigenvalue weighted by Crippen LogP contribution is -2.39. The van der Waals surface area contributed by atoms with Gasteiger partial charge in [-0.3, -0.25) is 0 Å². The van der Waals surface area contributed by atoms with E-state index in [1.165, 1.54) is 32.4 Å². The van der Waals surface area contributed by atoms with Gasteiger partial charge in [0.2, 0.25) is 0 Å². The summed E-state index contributed by atoms with van der Waals surface area (Å²) in [6, 6.07) is 0.769. The lowest BCUT2D eigenvalue weighted by Gasteiger charge is -2.28. The van der Waals surface area contributed by atoms with E-state index in [1.54, 1.807) is 0 Å². The van der Waals surface area contributed by atoms with E-state index >= 15 is 0 Å². The Morgan fingerprint density at radius 2 is 2.27 bits per heavy atom. The summed E-state index contributed by atoms with van der Waals surface area (Å²) in [5.41, 5.74) is 5.73. The van der Waals surface area contributed by atoms with Gasteiger partial charge in [-0.2, -0.15) is 0 Å². The van der Waals surface area contributed by atoms with Crippen LogP contribution in [0.25, 0.3) is 0 Å². The first-order valence-electron chi connectivity index (χ1n) is 6.26. The summed E-state index contributed by atoms with van der Waals surface area (Å²) in [5.74, 6) is 0.668. The van der Waals surface area contributed by atoms with Crippen molar-refractivity contribution in [1.29, 1.82) is 0 Å². The topological polar surface area (TPSA) is 32.5 Å². The third kappa shape index (κ3) is 4.09. The van der Waals surface area contributed by atoms with E-state index in [4.69, 9.17) is 5.73 Å². The number of hydrogen-bond acceptors (Lipinski definition) is 3. The Morgan fingerprint density at radius 3 is 2.73 bits per heavy atom. The SMILES string of the molecule is CCC(CN)CN(C)CC1CCCN1C. The van der Waals surface area contributed by atoms with Crippen molar-refractivity contribution in [2.75, 3.05) is 40.3 Å². The molecule has 1 fully saturated rings. The summed E-state index contributed by atoms with van der Waals surface area (Å²) in [4.78, 5) is 4.94. The van der Waals surface area contributed by atoms with Gasteiger partial charge in [0.15, 0.2) is 0 Å². The van der Waals surface area contributed by atoms with Gasteiger partial charge in [0.25, 0.3) is 0 Å². The van der Waals surface area contributed by atoms with Crippen LogP contribution >= 0.6 is 0 Å². The molecule has 1 aliphatic rings. The van der Waals surface area contributed by atoms with Crippen molar-refractivity contribution in [1.82, 2.24) is 9.80 Å². The maximum atomic E-state index is 5.73. The van der Waals surface area contributed by atoms with Gasteiger partial charge < -0.3 is 15.5 Å². The van der Waals surface area contributed by atoms with Crippen LogP contribution in [0.3, 0.4) is 0 Å². The first kappa shape index (κ1) is 12.9. The molecule has 0 radical (unpaired) electrons. The van der Waals surface area contributed by atoms with Crippen molar-refractivity contribution < 1.29 is 0 Å². The molecule has 3 heteroatoms. The fraction of sp³-hybridized carbons (Fsp3) is 1.00. The molecule has 0 aromatic carbocycles. The van der Waals surface area contributed by atoms with Gasteiger partial charge in [0.05, 0.1) is 0 Å². The van der Waals surface area contributed by atoms with Gasteiger partial charge in [-0.15, -0.1) is 0 Å². The number of likely N-dealkylation sites (tertiary alicyclic amines) is 1. The predicted molar refractivity (Wildman–Crippen MR) is 66.0 cm³/mol. The second kappa shape index (κ2) is 6.46. The van der Waals surface area contributed by atoms with E-state index in [9.17, 15) is 0 Å². The molecule has 1 rings (SSSR count). The molecule has 15 heavy (non-hydrogen) atoms. The van der Waals surface area contributed by atoms with E-state index in [0.29, 0.717) is 5.92 Å². The van der Waals surface area contributed by atoms with Crippen LogP contribution in [0.4, 0.5) is 0 Å². The molecule has 0 amide bonds. The Kier molecular flexibility index (Phi) is 5.58. The molecule has 1 aliphatic heterocycles. The first-order chi connectivity index (χ1) is 7.17. The number of likely N-dealkylation sites (N-methyl/N-ethyl adjacent to an activating group) is 2. The molecule has 90 valence electrons. The van der Waals surface area contributed by atoms with Gasteiger partial charge >= 0.3 is 0 Å². The van der Waals surface area contributed by atoms with Crippen LogP contribution in [0.5, 0.6) is 0 Å². The van der Waals surface area contributed by atoms with Crippen LogP contribution in [-0.4, -0.2) is 56.1 Å². The minimum atomic E-state index is 0.668. The van der Waals surface area contributed by atoms with Crippen molar-refractivity contribution in [3.8, 4) is 0 Å². The van der Waals surface area contributed by atoms with Crippen LogP contribution in [0.15, 0.2) is 0 Å². The molecule has 2 atom stereocenters. The highest BCUT2D eigenvalue weighted by Gasteiger charge is 2.22. The fourth-order valence-corrected chi connectivity index (χ4v) is 2.46. The molecule has 3 nitrogen and oxygen atoms in total. The van der Waals surface area contributed by atoms with E-state index in [0.717, 1.165) is 19.1 Å². The number of rotatable bonds is 6. The van der Waals surface area contributed by atoms with Crippen molar-refractivity contribution in [2.45, 2.75) is 32.2 Å². The molecule has 0 saturated carbocycles. The lowest BCUT2D eigenvalue weighted by molar-refractivity contribution is 0.199. The molecule has 0 spiro atoms. The van der Waals surface area contributed by atoms with Crippen LogP contribution in [0.2, 0.25) is 0 Å². The molecule has 0 aliphatic carbocycles. The molecule has 2 N–H and O–H groups in total. The summed E-state index contributed by atoms with van der Waals surface area (Å²) >= 11 is 0. The fourth-order valence-electron chi connectivity index (χ4n) is 2.46. The Hall–Kier alpha value is -0.120. The first-order valence-corrected chi connectivity index (χ1v) is 6.26.